The maximum Gasteiger partial charge on any atom is 0.328 e. The summed E-state index contributed by atoms with van der Waals surface area (Å²) in [5.74, 6) is -1.14. The Bertz CT molecular complexity index is 613. The van der Waals surface area contributed by atoms with E-state index in [1.54, 1.807) is 45.0 Å². The SMILES string of the molecule is CC(=CC(=O)O)C1(O)c2ccccc2C(=O)CC1(C)C. The molecular formula is C16H18O4. The number of carboxylic acid groups (broad SMARTS) is 1. The molecule has 0 saturated carbocycles. The van der Waals surface area contributed by atoms with Gasteiger partial charge in [0.1, 0.15) is 5.60 Å². The van der Waals surface area contributed by atoms with Crippen LogP contribution in [-0.2, 0) is 10.4 Å². The highest BCUT2D eigenvalue weighted by Gasteiger charge is 2.52. The molecule has 1 atom stereocenters. The predicted molar refractivity (Wildman–Crippen MR) is 74.5 cm³/mol. The summed E-state index contributed by atoms with van der Waals surface area (Å²) in [7, 11) is 0. The van der Waals surface area contributed by atoms with Crippen molar-refractivity contribution in [3.05, 3.63) is 47.0 Å². The number of aliphatic hydroxyl groups is 1. The fourth-order valence-corrected chi connectivity index (χ4v) is 3.07. The number of Topliss-reactive ketones (excluding diaryl/α,β-unsaturated/α-hetero) is 1. The average molecular weight is 274 g/mol. The molecule has 0 heterocycles. The second-order valence-corrected chi connectivity index (χ2v) is 5.91. The van der Waals surface area contributed by atoms with Crippen LogP contribution in [0, 0.1) is 5.41 Å². The summed E-state index contributed by atoms with van der Waals surface area (Å²) >= 11 is 0. The minimum Gasteiger partial charge on any atom is -0.478 e. The van der Waals surface area contributed by atoms with Crippen LogP contribution in [0.4, 0.5) is 0 Å². The number of ketones is 1. The van der Waals surface area contributed by atoms with Gasteiger partial charge in [-0.3, -0.25) is 4.79 Å². The fraction of sp³-hybridized carbons (Fsp3) is 0.375. The lowest BCUT2D eigenvalue weighted by Gasteiger charge is -2.47. The monoisotopic (exact) mass is 274 g/mol. The van der Waals surface area contributed by atoms with Crippen LogP contribution in [0.2, 0.25) is 0 Å². The zero-order valence-corrected chi connectivity index (χ0v) is 11.8. The number of aliphatic carboxylic acids is 1. The summed E-state index contributed by atoms with van der Waals surface area (Å²) in [4.78, 5) is 23.1. The maximum absolute atomic E-state index is 12.2. The standard InChI is InChI=1S/C16H18O4/c1-10(8-14(18)19)16(20)12-7-5-4-6-11(12)13(17)9-15(16,2)3/h4-8,20H,9H2,1-3H3,(H,18,19). The highest BCUT2D eigenvalue weighted by molar-refractivity contribution is 6.00. The molecule has 1 aromatic rings. The van der Waals surface area contributed by atoms with Crippen molar-refractivity contribution in [2.45, 2.75) is 32.8 Å². The van der Waals surface area contributed by atoms with Crippen LogP contribution in [0.1, 0.15) is 43.1 Å². The number of carboxylic acids is 1. The zero-order valence-electron chi connectivity index (χ0n) is 11.8. The Morgan fingerprint density at radius 1 is 1.30 bits per heavy atom. The molecular weight excluding hydrogens is 256 g/mol. The number of benzene rings is 1. The van der Waals surface area contributed by atoms with Crippen LogP contribution >= 0.6 is 0 Å². The normalized spacial score (nSPS) is 25.2. The molecule has 1 aromatic carbocycles. The van der Waals surface area contributed by atoms with Gasteiger partial charge in [0, 0.05) is 23.5 Å². The second-order valence-electron chi connectivity index (χ2n) is 5.91. The van der Waals surface area contributed by atoms with Crippen molar-refractivity contribution in [2.75, 3.05) is 0 Å². The summed E-state index contributed by atoms with van der Waals surface area (Å²) in [5, 5.41) is 20.1. The number of rotatable bonds is 2. The third kappa shape index (κ3) is 1.96. The van der Waals surface area contributed by atoms with Crippen LogP contribution in [0.3, 0.4) is 0 Å². The van der Waals surface area contributed by atoms with Crippen LogP contribution < -0.4 is 0 Å². The van der Waals surface area contributed by atoms with Gasteiger partial charge in [-0.2, -0.15) is 0 Å². The molecule has 2 N–H and O–H groups in total. The Morgan fingerprint density at radius 2 is 1.90 bits per heavy atom. The minimum absolute atomic E-state index is 0.0293. The van der Waals surface area contributed by atoms with E-state index in [-0.39, 0.29) is 12.2 Å². The molecule has 2 rings (SSSR count). The van der Waals surface area contributed by atoms with Gasteiger partial charge < -0.3 is 10.2 Å². The van der Waals surface area contributed by atoms with Gasteiger partial charge in [0.2, 0.25) is 0 Å². The van der Waals surface area contributed by atoms with Crippen molar-refractivity contribution < 1.29 is 19.8 Å². The molecule has 0 bridgehead atoms. The van der Waals surface area contributed by atoms with Gasteiger partial charge in [-0.15, -0.1) is 0 Å². The molecule has 0 spiro atoms. The van der Waals surface area contributed by atoms with Crippen LogP contribution in [-0.4, -0.2) is 22.0 Å². The number of carbonyl (C=O) groups is 2. The number of hydrogen-bond acceptors (Lipinski definition) is 3. The van der Waals surface area contributed by atoms with Gasteiger partial charge in [0.25, 0.3) is 0 Å². The van der Waals surface area contributed by atoms with E-state index in [9.17, 15) is 14.7 Å². The molecule has 1 aliphatic carbocycles. The quantitative estimate of drug-likeness (QED) is 0.813. The molecule has 0 fully saturated rings. The Labute approximate surface area is 117 Å². The van der Waals surface area contributed by atoms with Crippen LogP contribution in [0.25, 0.3) is 0 Å². The minimum atomic E-state index is -1.46. The van der Waals surface area contributed by atoms with Gasteiger partial charge in [-0.25, -0.2) is 4.79 Å². The molecule has 4 heteroatoms. The molecule has 0 aromatic heterocycles. The van der Waals surface area contributed by atoms with Crippen LogP contribution in [0.15, 0.2) is 35.9 Å². The molecule has 0 aliphatic heterocycles. The number of fused-ring (bicyclic) bond motifs is 1. The molecule has 106 valence electrons. The average Bonchev–Trinajstić information content (AvgIpc) is 2.34. The van der Waals surface area contributed by atoms with Gasteiger partial charge in [-0.1, -0.05) is 38.1 Å². The molecule has 1 aliphatic rings. The third-order valence-corrected chi connectivity index (χ3v) is 4.11. The second kappa shape index (κ2) is 4.56. The first-order chi connectivity index (χ1) is 9.20. The summed E-state index contributed by atoms with van der Waals surface area (Å²) in [6.45, 7) is 5.14. The van der Waals surface area contributed by atoms with Crippen molar-refractivity contribution in [3.8, 4) is 0 Å². The lowest BCUT2D eigenvalue weighted by atomic mass is 9.60. The molecule has 20 heavy (non-hydrogen) atoms. The largest absolute Gasteiger partial charge is 0.478 e. The molecule has 1 unspecified atom stereocenters. The first kappa shape index (κ1) is 14.5. The van der Waals surface area contributed by atoms with Gasteiger partial charge in [0.05, 0.1) is 0 Å². The van der Waals surface area contributed by atoms with Crippen molar-refractivity contribution in [3.63, 3.8) is 0 Å². The Balaban J connectivity index is 2.75. The van der Waals surface area contributed by atoms with Crippen LogP contribution in [0.5, 0.6) is 0 Å². The summed E-state index contributed by atoms with van der Waals surface area (Å²) in [5.41, 5.74) is -0.955. The Morgan fingerprint density at radius 3 is 2.50 bits per heavy atom. The lowest BCUT2D eigenvalue weighted by molar-refractivity contribution is -0.131. The van der Waals surface area contributed by atoms with E-state index in [4.69, 9.17) is 5.11 Å². The highest BCUT2D eigenvalue weighted by atomic mass is 16.4. The van der Waals surface area contributed by atoms with Gasteiger partial charge in [0.15, 0.2) is 5.78 Å². The maximum atomic E-state index is 12.2. The highest BCUT2D eigenvalue weighted by Crippen LogP contribution is 2.51. The number of hydrogen-bond donors (Lipinski definition) is 2. The van der Waals surface area contributed by atoms with E-state index in [0.29, 0.717) is 16.7 Å². The molecule has 0 radical (unpaired) electrons. The van der Waals surface area contributed by atoms with E-state index in [1.807, 2.05) is 0 Å². The van der Waals surface area contributed by atoms with E-state index in [1.165, 1.54) is 0 Å². The summed E-state index contributed by atoms with van der Waals surface area (Å²) < 4.78 is 0. The first-order valence-corrected chi connectivity index (χ1v) is 6.47. The third-order valence-electron chi connectivity index (χ3n) is 4.11. The zero-order chi connectivity index (χ0) is 15.1. The van der Waals surface area contributed by atoms with E-state index in [2.05, 4.69) is 0 Å². The first-order valence-electron chi connectivity index (χ1n) is 6.47. The van der Waals surface area contributed by atoms with Crippen molar-refractivity contribution >= 4 is 11.8 Å². The molecule has 4 nitrogen and oxygen atoms in total. The van der Waals surface area contributed by atoms with Gasteiger partial charge >= 0.3 is 5.97 Å². The molecule has 0 saturated heterocycles. The summed E-state index contributed by atoms with van der Waals surface area (Å²) in [6, 6.07) is 6.84. The predicted octanol–water partition coefficient (Wildman–Crippen LogP) is 2.52. The van der Waals surface area contributed by atoms with Gasteiger partial charge in [-0.05, 0) is 18.1 Å². The molecule has 0 amide bonds. The Hall–Kier alpha value is -1.94. The summed E-state index contributed by atoms with van der Waals surface area (Å²) in [6.07, 6.45) is 1.18. The fourth-order valence-electron chi connectivity index (χ4n) is 3.07. The van der Waals surface area contributed by atoms with E-state index < -0.39 is 17.0 Å². The topological polar surface area (TPSA) is 74.6 Å². The Kier molecular flexibility index (Phi) is 3.30. The van der Waals surface area contributed by atoms with Crippen molar-refractivity contribution in [2.24, 2.45) is 5.41 Å². The van der Waals surface area contributed by atoms with Crippen molar-refractivity contribution in [1.29, 1.82) is 0 Å². The smallest absolute Gasteiger partial charge is 0.328 e. The number of carbonyl (C=O) groups excluding carboxylic acids is 1. The van der Waals surface area contributed by atoms with E-state index in [0.717, 1.165) is 6.08 Å². The van der Waals surface area contributed by atoms with E-state index >= 15 is 0 Å². The lowest BCUT2D eigenvalue weighted by Crippen LogP contribution is -2.48. The van der Waals surface area contributed by atoms with Crippen molar-refractivity contribution in [1.82, 2.24) is 0 Å².